The summed E-state index contributed by atoms with van der Waals surface area (Å²) >= 11 is 0. The van der Waals surface area contributed by atoms with Crippen LogP contribution in [0.3, 0.4) is 0 Å². The molecular weight excluding hydrogens is 322 g/mol. The highest BCUT2D eigenvalue weighted by Crippen LogP contribution is 2.22. The van der Waals surface area contributed by atoms with Crippen molar-refractivity contribution in [3.8, 4) is 0 Å². The molecule has 24 heavy (non-hydrogen) atoms. The van der Waals surface area contributed by atoms with Gasteiger partial charge in [-0.15, -0.1) is 0 Å². The lowest BCUT2D eigenvalue weighted by molar-refractivity contribution is 0.565. The minimum atomic E-state index is -3.61. The minimum absolute atomic E-state index is 0.272. The molecule has 0 aliphatic carbocycles. The smallest absolute Gasteiger partial charge is 0.244 e. The Morgan fingerprint density at radius 3 is 2.17 bits per heavy atom. The van der Waals surface area contributed by atoms with Crippen molar-refractivity contribution in [2.24, 2.45) is 13.0 Å². The first-order valence-corrected chi connectivity index (χ1v) is 9.71. The monoisotopic (exact) mass is 349 g/mol. The van der Waals surface area contributed by atoms with E-state index in [1.54, 1.807) is 25.6 Å². The fourth-order valence-electron chi connectivity index (χ4n) is 2.92. The van der Waals surface area contributed by atoms with E-state index in [0.29, 0.717) is 17.3 Å². The molecule has 1 aromatic heterocycles. The van der Waals surface area contributed by atoms with Crippen LogP contribution in [0, 0.1) is 19.8 Å². The van der Waals surface area contributed by atoms with Crippen LogP contribution in [-0.4, -0.2) is 18.2 Å². The van der Waals surface area contributed by atoms with Crippen molar-refractivity contribution in [2.45, 2.75) is 52.0 Å². The molecule has 0 saturated heterocycles. The number of hydrogen-bond donors (Lipinski definition) is 1. The van der Waals surface area contributed by atoms with Gasteiger partial charge in [0.2, 0.25) is 10.0 Å². The van der Waals surface area contributed by atoms with Crippen molar-refractivity contribution >= 4 is 10.0 Å². The Bertz CT molecular complexity index is 806. The van der Waals surface area contributed by atoms with E-state index in [0.717, 1.165) is 12.0 Å². The Morgan fingerprint density at radius 2 is 1.71 bits per heavy atom. The number of benzene rings is 1. The van der Waals surface area contributed by atoms with E-state index in [9.17, 15) is 8.42 Å². The van der Waals surface area contributed by atoms with Crippen LogP contribution in [0.4, 0.5) is 0 Å². The topological polar surface area (TPSA) is 64.0 Å². The van der Waals surface area contributed by atoms with Gasteiger partial charge in [0, 0.05) is 13.1 Å². The molecule has 1 atom stereocenters. The standard InChI is InChI=1S/C18H27N3O2S/c1-12(2)11-16-7-9-17(10-8-16)13(3)20-24(22,23)18-14(4)19-21(6)15(18)5/h7-10,12-13,20H,11H2,1-6H3. The quantitative estimate of drug-likeness (QED) is 0.870. The average molecular weight is 350 g/mol. The largest absolute Gasteiger partial charge is 0.271 e. The fourth-order valence-corrected chi connectivity index (χ4v) is 4.59. The first-order chi connectivity index (χ1) is 11.1. The maximum atomic E-state index is 12.7. The fraction of sp³-hybridized carbons (Fsp3) is 0.500. The number of aromatic nitrogens is 2. The van der Waals surface area contributed by atoms with Crippen LogP contribution in [0.2, 0.25) is 0 Å². The highest BCUT2D eigenvalue weighted by molar-refractivity contribution is 7.89. The first-order valence-electron chi connectivity index (χ1n) is 8.23. The number of aryl methyl sites for hydroxylation is 2. The lowest BCUT2D eigenvalue weighted by Crippen LogP contribution is -2.27. The number of nitrogens with zero attached hydrogens (tertiary/aromatic N) is 2. The van der Waals surface area contributed by atoms with Crippen molar-refractivity contribution in [3.05, 3.63) is 46.8 Å². The van der Waals surface area contributed by atoms with Crippen LogP contribution in [0.5, 0.6) is 0 Å². The summed E-state index contributed by atoms with van der Waals surface area (Å²) in [5, 5.41) is 4.19. The van der Waals surface area contributed by atoms with E-state index in [1.807, 2.05) is 19.1 Å². The maximum absolute atomic E-state index is 12.7. The maximum Gasteiger partial charge on any atom is 0.244 e. The van der Waals surface area contributed by atoms with Gasteiger partial charge in [-0.25, -0.2) is 13.1 Å². The second-order valence-electron chi connectivity index (χ2n) is 6.81. The Morgan fingerprint density at radius 1 is 1.12 bits per heavy atom. The van der Waals surface area contributed by atoms with E-state index in [4.69, 9.17) is 0 Å². The highest BCUT2D eigenvalue weighted by Gasteiger charge is 2.25. The third-order valence-corrected chi connectivity index (χ3v) is 5.96. The molecule has 1 heterocycles. The van der Waals surface area contributed by atoms with Crippen LogP contribution in [0.25, 0.3) is 0 Å². The van der Waals surface area contributed by atoms with Gasteiger partial charge in [-0.1, -0.05) is 38.1 Å². The first kappa shape index (κ1) is 18.7. The van der Waals surface area contributed by atoms with Gasteiger partial charge in [-0.2, -0.15) is 5.10 Å². The summed E-state index contributed by atoms with van der Waals surface area (Å²) in [4.78, 5) is 0.272. The van der Waals surface area contributed by atoms with Crippen molar-refractivity contribution < 1.29 is 8.42 Å². The predicted molar refractivity (Wildman–Crippen MR) is 96.4 cm³/mol. The van der Waals surface area contributed by atoms with Gasteiger partial charge in [-0.3, -0.25) is 4.68 Å². The molecule has 2 aromatic rings. The minimum Gasteiger partial charge on any atom is -0.271 e. The average Bonchev–Trinajstić information content (AvgIpc) is 2.72. The van der Waals surface area contributed by atoms with Gasteiger partial charge in [0.15, 0.2) is 0 Å². The highest BCUT2D eigenvalue weighted by atomic mass is 32.2. The van der Waals surface area contributed by atoms with Gasteiger partial charge < -0.3 is 0 Å². The lowest BCUT2D eigenvalue weighted by atomic mass is 10.0. The van der Waals surface area contributed by atoms with Crippen LogP contribution >= 0.6 is 0 Å². The van der Waals surface area contributed by atoms with Crippen molar-refractivity contribution in [1.82, 2.24) is 14.5 Å². The Kier molecular flexibility index (Phi) is 5.50. The molecular formula is C18H27N3O2S. The molecule has 0 saturated carbocycles. The summed E-state index contributed by atoms with van der Waals surface area (Å²) in [5.74, 6) is 0.600. The molecule has 1 N–H and O–H groups in total. The molecule has 0 radical (unpaired) electrons. The molecule has 0 aliphatic rings. The molecule has 2 rings (SSSR count). The van der Waals surface area contributed by atoms with Crippen LogP contribution < -0.4 is 4.72 Å². The van der Waals surface area contributed by atoms with Gasteiger partial charge in [-0.05, 0) is 44.2 Å². The van der Waals surface area contributed by atoms with Crippen molar-refractivity contribution in [1.29, 1.82) is 0 Å². The normalized spacial score (nSPS) is 13.5. The SMILES string of the molecule is Cc1nn(C)c(C)c1S(=O)(=O)NC(C)c1ccc(CC(C)C)cc1. The van der Waals surface area contributed by atoms with Gasteiger partial charge >= 0.3 is 0 Å². The van der Waals surface area contributed by atoms with E-state index < -0.39 is 10.0 Å². The molecule has 6 heteroatoms. The molecule has 0 amide bonds. The zero-order valence-corrected chi connectivity index (χ0v) is 16.1. The summed E-state index contributed by atoms with van der Waals surface area (Å²) in [6, 6.07) is 7.82. The molecule has 1 aromatic carbocycles. The molecule has 1 unspecified atom stereocenters. The van der Waals surface area contributed by atoms with Crippen molar-refractivity contribution in [3.63, 3.8) is 0 Å². The zero-order chi connectivity index (χ0) is 18.1. The predicted octanol–water partition coefficient (Wildman–Crippen LogP) is 3.27. The zero-order valence-electron chi connectivity index (χ0n) is 15.3. The second kappa shape index (κ2) is 7.07. The second-order valence-corrected chi connectivity index (χ2v) is 8.46. The lowest BCUT2D eigenvalue weighted by Gasteiger charge is -2.16. The van der Waals surface area contributed by atoms with E-state index >= 15 is 0 Å². The van der Waals surface area contributed by atoms with Gasteiger partial charge in [0.1, 0.15) is 4.90 Å². The number of hydrogen-bond acceptors (Lipinski definition) is 3. The molecule has 0 bridgehead atoms. The molecule has 0 fully saturated rings. The van der Waals surface area contributed by atoms with E-state index in [-0.39, 0.29) is 10.9 Å². The molecule has 0 aliphatic heterocycles. The third-order valence-electron chi connectivity index (χ3n) is 4.17. The number of rotatable bonds is 6. The van der Waals surface area contributed by atoms with Crippen LogP contribution in [0.1, 0.15) is 49.3 Å². The summed E-state index contributed by atoms with van der Waals surface area (Å²) < 4.78 is 29.8. The molecule has 0 spiro atoms. The summed E-state index contributed by atoms with van der Waals surface area (Å²) in [6.07, 6.45) is 1.02. The summed E-state index contributed by atoms with van der Waals surface area (Å²) in [6.45, 7) is 9.70. The van der Waals surface area contributed by atoms with E-state index in [2.05, 4.69) is 35.8 Å². The van der Waals surface area contributed by atoms with Crippen LogP contribution in [-0.2, 0) is 23.5 Å². The number of sulfonamides is 1. The van der Waals surface area contributed by atoms with Crippen LogP contribution in [0.15, 0.2) is 29.2 Å². The molecule has 5 nitrogen and oxygen atoms in total. The number of nitrogens with one attached hydrogen (secondary N) is 1. The third kappa shape index (κ3) is 4.05. The van der Waals surface area contributed by atoms with Crippen molar-refractivity contribution in [2.75, 3.05) is 0 Å². The van der Waals surface area contributed by atoms with Gasteiger partial charge in [0.25, 0.3) is 0 Å². The van der Waals surface area contributed by atoms with Gasteiger partial charge in [0.05, 0.1) is 11.4 Å². The Balaban J connectivity index is 2.20. The summed E-state index contributed by atoms with van der Waals surface area (Å²) in [7, 11) is -1.86. The Labute approximate surface area is 145 Å². The Hall–Kier alpha value is -1.66. The molecule has 132 valence electrons. The van der Waals surface area contributed by atoms with E-state index in [1.165, 1.54) is 5.56 Å². The summed E-state index contributed by atoms with van der Waals surface area (Å²) in [5.41, 5.74) is 3.37.